The molecule has 0 radical (unpaired) electrons. The molecule has 0 spiro atoms. The lowest BCUT2D eigenvalue weighted by Gasteiger charge is -2.12. The van der Waals surface area contributed by atoms with E-state index in [9.17, 15) is 9.59 Å². The number of para-hydroxylation sites is 1. The summed E-state index contributed by atoms with van der Waals surface area (Å²) in [5, 5.41) is 13.8. The van der Waals surface area contributed by atoms with Crippen LogP contribution >= 0.6 is 0 Å². The SMILES string of the molecule is CCn1nnc2cc(C(=O)Nc3ccccc3C(=O)Nc3ccc4c(c3)OCO4)ccc21. The second-order valence-corrected chi connectivity index (χ2v) is 7.13. The number of anilines is 2. The summed E-state index contributed by atoms with van der Waals surface area (Å²) >= 11 is 0. The normalized spacial score (nSPS) is 12.0. The highest BCUT2D eigenvalue weighted by atomic mass is 16.7. The smallest absolute Gasteiger partial charge is 0.257 e. The Labute approximate surface area is 182 Å². The lowest BCUT2D eigenvalue weighted by atomic mass is 10.1. The van der Waals surface area contributed by atoms with Gasteiger partial charge in [-0.1, -0.05) is 17.3 Å². The van der Waals surface area contributed by atoms with E-state index in [4.69, 9.17) is 9.47 Å². The average molecular weight is 429 g/mol. The first-order valence-corrected chi connectivity index (χ1v) is 10.1. The van der Waals surface area contributed by atoms with Crippen LogP contribution in [0.25, 0.3) is 11.0 Å². The molecule has 1 aliphatic heterocycles. The predicted molar refractivity (Wildman–Crippen MR) is 118 cm³/mol. The zero-order valence-corrected chi connectivity index (χ0v) is 17.2. The molecular weight excluding hydrogens is 410 g/mol. The van der Waals surface area contributed by atoms with Crippen molar-refractivity contribution in [2.45, 2.75) is 13.5 Å². The molecule has 0 atom stereocenters. The van der Waals surface area contributed by atoms with E-state index < -0.39 is 0 Å². The van der Waals surface area contributed by atoms with Gasteiger partial charge >= 0.3 is 0 Å². The number of amides is 2. The fourth-order valence-electron chi connectivity index (χ4n) is 3.50. The minimum Gasteiger partial charge on any atom is -0.454 e. The molecule has 0 aliphatic carbocycles. The largest absolute Gasteiger partial charge is 0.454 e. The van der Waals surface area contributed by atoms with Crippen LogP contribution in [0.15, 0.2) is 60.7 Å². The Hall–Kier alpha value is -4.40. The Bertz CT molecular complexity index is 1350. The first-order chi connectivity index (χ1) is 15.6. The van der Waals surface area contributed by atoms with Gasteiger partial charge in [-0.05, 0) is 49.4 Å². The van der Waals surface area contributed by atoms with E-state index in [1.165, 1.54) is 0 Å². The molecule has 1 aromatic heterocycles. The van der Waals surface area contributed by atoms with E-state index in [0.717, 1.165) is 5.52 Å². The van der Waals surface area contributed by atoms with Crippen LogP contribution in [-0.4, -0.2) is 33.6 Å². The van der Waals surface area contributed by atoms with Gasteiger partial charge < -0.3 is 20.1 Å². The van der Waals surface area contributed by atoms with Crippen LogP contribution in [0, 0.1) is 0 Å². The third-order valence-corrected chi connectivity index (χ3v) is 5.13. The highest BCUT2D eigenvalue weighted by Crippen LogP contribution is 2.34. The van der Waals surface area contributed by atoms with Crippen molar-refractivity contribution >= 4 is 34.2 Å². The summed E-state index contributed by atoms with van der Waals surface area (Å²) in [6, 6.07) is 17.2. The van der Waals surface area contributed by atoms with Crippen LogP contribution in [0.1, 0.15) is 27.6 Å². The summed E-state index contributed by atoms with van der Waals surface area (Å²) in [6.45, 7) is 2.82. The molecule has 1 aliphatic rings. The number of nitrogens with zero attached hydrogens (tertiary/aromatic N) is 3. The van der Waals surface area contributed by atoms with Gasteiger partial charge in [0.05, 0.1) is 16.8 Å². The Kier molecular flexibility index (Phi) is 4.91. The summed E-state index contributed by atoms with van der Waals surface area (Å²) in [7, 11) is 0. The number of aryl methyl sites for hydroxylation is 1. The number of ether oxygens (including phenoxy) is 2. The van der Waals surface area contributed by atoms with E-state index in [1.54, 1.807) is 59.3 Å². The van der Waals surface area contributed by atoms with Crippen LogP contribution in [0.2, 0.25) is 0 Å². The molecule has 160 valence electrons. The lowest BCUT2D eigenvalue weighted by Crippen LogP contribution is -2.18. The van der Waals surface area contributed by atoms with Crippen molar-refractivity contribution in [3.63, 3.8) is 0 Å². The van der Waals surface area contributed by atoms with Crippen LogP contribution in [0.4, 0.5) is 11.4 Å². The molecule has 3 aromatic carbocycles. The van der Waals surface area contributed by atoms with Gasteiger partial charge in [0.1, 0.15) is 5.52 Å². The summed E-state index contributed by atoms with van der Waals surface area (Å²) in [5.74, 6) is 0.494. The van der Waals surface area contributed by atoms with Crippen molar-refractivity contribution in [1.82, 2.24) is 15.0 Å². The van der Waals surface area contributed by atoms with Crippen molar-refractivity contribution in [1.29, 1.82) is 0 Å². The van der Waals surface area contributed by atoms with Crippen LogP contribution in [-0.2, 0) is 6.54 Å². The monoisotopic (exact) mass is 429 g/mol. The maximum atomic E-state index is 12.9. The summed E-state index contributed by atoms with van der Waals surface area (Å²) < 4.78 is 12.4. The molecule has 2 heterocycles. The quantitative estimate of drug-likeness (QED) is 0.501. The zero-order chi connectivity index (χ0) is 22.1. The van der Waals surface area contributed by atoms with E-state index >= 15 is 0 Å². The number of aromatic nitrogens is 3. The minimum absolute atomic E-state index is 0.155. The first-order valence-electron chi connectivity index (χ1n) is 10.1. The lowest BCUT2D eigenvalue weighted by molar-refractivity contribution is 0.102. The van der Waals surface area contributed by atoms with Gasteiger partial charge in [-0.15, -0.1) is 5.10 Å². The maximum absolute atomic E-state index is 12.9. The van der Waals surface area contributed by atoms with Gasteiger partial charge in [0.2, 0.25) is 6.79 Å². The number of benzene rings is 3. The molecule has 9 heteroatoms. The molecule has 5 rings (SSSR count). The molecule has 0 fully saturated rings. The fraction of sp³-hybridized carbons (Fsp3) is 0.130. The zero-order valence-electron chi connectivity index (χ0n) is 17.2. The van der Waals surface area contributed by atoms with E-state index in [1.807, 2.05) is 13.0 Å². The molecule has 9 nitrogen and oxygen atoms in total. The summed E-state index contributed by atoms with van der Waals surface area (Å²) in [4.78, 5) is 25.8. The standard InChI is InChI=1S/C23H19N5O4/c1-2-28-19-9-7-14(11-18(19)26-27-28)22(29)25-17-6-4-3-5-16(17)23(30)24-15-8-10-20-21(12-15)32-13-31-20/h3-12H,2,13H2,1H3,(H,24,30)(H,25,29). The molecule has 32 heavy (non-hydrogen) atoms. The van der Waals surface area contributed by atoms with Crippen molar-refractivity contribution in [2.24, 2.45) is 0 Å². The number of carbonyl (C=O) groups excluding carboxylic acids is 2. The van der Waals surface area contributed by atoms with Crippen molar-refractivity contribution in [2.75, 3.05) is 17.4 Å². The van der Waals surface area contributed by atoms with E-state index in [-0.39, 0.29) is 18.6 Å². The first kappa shape index (κ1) is 19.6. The Morgan fingerprint density at radius 1 is 0.969 bits per heavy atom. The highest BCUT2D eigenvalue weighted by Gasteiger charge is 2.18. The van der Waals surface area contributed by atoms with Crippen LogP contribution < -0.4 is 20.1 Å². The topological polar surface area (TPSA) is 107 Å². The molecule has 4 aromatic rings. The Morgan fingerprint density at radius 3 is 2.69 bits per heavy atom. The number of hydrogen-bond acceptors (Lipinski definition) is 6. The van der Waals surface area contributed by atoms with Gasteiger partial charge in [0, 0.05) is 23.9 Å². The Balaban J connectivity index is 1.36. The highest BCUT2D eigenvalue weighted by molar-refractivity contribution is 6.13. The van der Waals surface area contributed by atoms with E-state index in [0.29, 0.717) is 46.1 Å². The third-order valence-electron chi connectivity index (χ3n) is 5.13. The molecule has 0 saturated carbocycles. The van der Waals surface area contributed by atoms with Crippen LogP contribution in [0.5, 0.6) is 11.5 Å². The van der Waals surface area contributed by atoms with E-state index in [2.05, 4.69) is 20.9 Å². The second kappa shape index (κ2) is 8.03. The molecule has 2 amide bonds. The number of carbonyl (C=O) groups is 2. The van der Waals surface area contributed by atoms with Gasteiger partial charge in [-0.25, -0.2) is 4.68 Å². The minimum atomic E-state index is -0.360. The fourth-order valence-corrected chi connectivity index (χ4v) is 3.50. The van der Waals surface area contributed by atoms with Gasteiger partial charge in [0.25, 0.3) is 11.8 Å². The Morgan fingerprint density at radius 2 is 1.81 bits per heavy atom. The number of hydrogen-bond donors (Lipinski definition) is 2. The molecule has 0 bridgehead atoms. The van der Waals surface area contributed by atoms with Gasteiger partial charge in [0.15, 0.2) is 11.5 Å². The number of rotatable bonds is 5. The van der Waals surface area contributed by atoms with Crippen molar-refractivity contribution < 1.29 is 19.1 Å². The van der Waals surface area contributed by atoms with Gasteiger partial charge in [-0.3, -0.25) is 9.59 Å². The summed E-state index contributed by atoms with van der Waals surface area (Å²) in [5.41, 5.74) is 3.20. The third kappa shape index (κ3) is 3.60. The summed E-state index contributed by atoms with van der Waals surface area (Å²) in [6.07, 6.45) is 0. The molecule has 0 saturated heterocycles. The second-order valence-electron chi connectivity index (χ2n) is 7.13. The molecule has 2 N–H and O–H groups in total. The number of nitrogens with one attached hydrogen (secondary N) is 2. The van der Waals surface area contributed by atoms with Crippen molar-refractivity contribution in [3.8, 4) is 11.5 Å². The molecular formula is C23H19N5O4. The average Bonchev–Trinajstić information content (AvgIpc) is 3.45. The number of fused-ring (bicyclic) bond motifs is 2. The maximum Gasteiger partial charge on any atom is 0.257 e. The molecule has 0 unspecified atom stereocenters. The van der Waals surface area contributed by atoms with Gasteiger partial charge in [-0.2, -0.15) is 0 Å². The van der Waals surface area contributed by atoms with Crippen LogP contribution in [0.3, 0.4) is 0 Å². The van der Waals surface area contributed by atoms with Crippen molar-refractivity contribution in [3.05, 3.63) is 71.8 Å². The predicted octanol–water partition coefficient (Wildman–Crippen LogP) is 3.68.